The van der Waals surface area contributed by atoms with Gasteiger partial charge in [0.1, 0.15) is 0 Å². The Labute approximate surface area is 104 Å². The number of nitriles is 1. The molecule has 3 heteroatoms. The maximum absolute atomic E-state index is 8.92. The number of anilines is 1. The highest BCUT2D eigenvalue weighted by Gasteiger charge is 2.12. The molecule has 3 nitrogen and oxygen atoms in total. The van der Waals surface area contributed by atoms with Crippen LogP contribution in [0, 0.1) is 11.3 Å². The van der Waals surface area contributed by atoms with Crippen molar-refractivity contribution in [3.05, 3.63) is 29.8 Å². The van der Waals surface area contributed by atoms with Crippen molar-refractivity contribution in [2.75, 3.05) is 25.2 Å². The summed E-state index contributed by atoms with van der Waals surface area (Å²) in [6, 6.07) is 10.4. The van der Waals surface area contributed by atoms with E-state index in [1.807, 2.05) is 24.3 Å². The summed E-state index contributed by atoms with van der Waals surface area (Å²) in [5, 5.41) is 8.92. The largest absolute Gasteiger partial charge is 0.383 e. The number of ether oxygens (including phenoxy) is 1. The second-order valence-electron chi connectivity index (χ2n) is 4.11. The first-order chi connectivity index (χ1) is 8.22. The van der Waals surface area contributed by atoms with Gasteiger partial charge in [0, 0.05) is 25.4 Å². The van der Waals surface area contributed by atoms with E-state index in [2.05, 4.69) is 24.8 Å². The standard InChI is InChI=1S/C14H20N2O/c1-4-12(2)16(8-9-17-3)14-7-5-6-13(10-14)11-15/h5-7,10,12H,4,8-9H2,1-3H3. The molecule has 92 valence electrons. The SMILES string of the molecule is CCC(C)N(CCOC)c1cccc(C#N)c1. The molecule has 1 unspecified atom stereocenters. The van der Waals surface area contributed by atoms with Crippen molar-refractivity contribution in [1.29, 1.82) is 5.26 Å². The minimum Gasteiger partial charge on any atom is -0.383 e. The van der Waals surface area contributed by atoms with Gasteiger partial charge in [-0.05, 0) is 31.5 Å². The Morgan fingerprint density at radius 3 is 2.82 bits per heavy atom. The quantitative estimate of drug-likeness (QED) is 0.756. The van der Waals surface area contributed by atoms with Crippen LogP contribution in [0.5, 0.6) is 0 Å². The van der Waals surface area contributed by atoms with Gasteiger partial charge in [0.25, 0.3) is 0 Å². The highest BCUT2D eigenvalue weighted by atomic mass is 16.5. The van der Waals surface area contributed by atoms with Crippen LogP contribution < -0.4 is 4.90 Å². The molecule has 0 bridgehead atoms. The molecule has 1 rings (SSSR count). The van der Waals surface area contributed by atoms with Crippen LogP contribution in [0.15, 0.2) is 24.3 Å². The van der Waals surface area contributed by atoms with Crippen LogP contribution in [-0.2, 0) is 4.74 Å². The van der Waals surface area contributed by atoms with Gasteiger partial charge in [-0.25, -0.2) is 0 Å². The van der Waals surface area contributed by atoms with E-state index < -0.39 is 0 Å². The fourth-order valence-corrected chi connectivity index (χ4v) is 1.77. The highest BCUT2D eigenvalue weighted by Crippen LogP contribution is 2.19. The molecular formula is C14H20N2O. The van der Waals surface area contributed by atoms with Crippen LogP contribution in [0.4, 0.5) is 5.69 Å². The molecule has 0 fully saturated rings. The minimum atomic E-state index is 0.444. The Hall–Kier alpha value is -1.53. The van der Waals surface area contributed by atoms with Gasteiger partial charge in [-0.2, -0.15) is 5.26 Å². The first kappa shape index (κ1) is 13.5. The normalized spacial score (nSPS) is 11.9. The van der Waals surface area contributed by atoms with E-state index in [9.17, 15) is 0 Å². The van der Waals surface area contributed by atoms with Crippen LogP contribution in [0.2, 0.25) is 0 Å². The van der Waals surface area contributed by atoms with E-state index in [4.69, 9.17) is 10.00 Å². The lowest BCUT2D eigenvalue weighted by molar-refractivity contribution is 0.203. The number of benzene rings is 1. The molecule has 0 aliphatic rings. The summed E-state index contributed by atoms with van der Waals surface area (Å²) in [4.78, 5) is 2.28. The van der Waals surface area contributed by atoms with Crippen molar-refractivity contribution in [2.24, 2.45) is 0 Å². The Bertz CT molecular complexity index is 384. The zero-order valence-electron chi connectivity index (χ0n) is 10.8. The molecule has 0 saturated carbocycles. The fraction of sp³-hybridized carbons (Fsp3) is 0.500. The molecule has 1 aromatic rings. The molecule has 0 aliphatic heterocycles. The minimum absolute atomic E-state index is 0.444. The third-order valence-corrected chi connectivity index (χ3v) is 2.97. The summed E-state index contributed by atoms with van der Waals surface area (Å²) in [5.41, 5.74) is 1.80. The summed E-state index contributed by atoms with van der Waals surface area (Å²) in [7, 11) is 1.71. The first-order valence-corrected chi connectivity index (χ1v) is 5.98. The van der Waals surface area contributed by atoms with E-state index >= 15 is 0 Å². The van der Waals surface area contributed by atoms with Gasteiger partial charge in [0.15, 0.2) is 0 Å². The Balaban J connectivity index is 2.91. The monoisotopic (exact) mass is 232 g/mol. The van der Waals surface area contributed by atoms with Crippen LogP contribution in [-0.4, -0.2) is 26.3 Å². The molecule has 1 atom stereocenters. The van der Waals surface area contributed by atoms with Gasteiger partial charge in [-0.1, -0.05) is 13.0 Å². The third-order valence-electron chi connectivity index (χ3n) is 2.97. The molecular weight excluding hydrogens is 212 g/mol. The van der Waals surface area contributed by atoms with Gasteiger partial charge in [-0.15, -0.1) is 0 Å². The predicted molar refractivity (Wildman–Crippen MR) is 70.1 cm³/mol. The molecule has 0 heterocycles. The molecule has 1 aromatic carbocycles. The topological polar surface area (TPSA) is 36.3 Å². The van der Waals surface area contributed by atoms with Gasteiger partial charge in [0.05, 0.1) is 18.2 Å². The molecule has 17 heavy (non-hydrogen) atoms. The van der Waals surface area contributed by atoms with E-state index in [0.717, 1.165) is 18.7 Å². The second-order valence-corrected chi connectivity index (χ2v) is 4.11. The summed E-state index contributed by atoms with van der Waals surface area (Å²) in [5.74, 6) is 0. The zero-order chi connectivity index (χ0) is 12.7. The average molecular weight is 232 g/mol. The van der Waals surface area contributed by atoms with Gasteiger partial charge < -0.3 is 9.64 Å². The molecule has 0 amide bonds. The second kappa shape index (κ2) is 6.93. The molecule has 0 spiro atoms. The Kier molecular flexibility index (Phi) is 5.51. The summed E-state index contributed by atoms with van der Waals surface area (Å²) < 4.78 is 5.14. The van der Waals surface area contributed by atoms with E-state index in [1.165, 1.54) is 0 Å². The fourth-order valence-electron chi connectivity index (χ4n) is 1.77. The number of rotatable bonds is 6. The summed E-state index contributed by atoms with van der Waals surface area (Å²) >= 11 is 0. The zero-order valence-corrected chi connectivity index (χ0v) is 10.8. The maximum atomic E-state index is 8.92. The first-order valence-electron chi connectivity index (χ1n) is 5.98. The Morgan fingerprint density at radius 1 is 1.47 bits per heavy atom. The number of nitrogens with zero attached hydrogens (tertiary/aromatic N) is 2. The van der Waals surface area contributed by atoms with E-state index in [-0.39, 0.29) is 0 Å². The van der Waals surface area contributed by atoms with Crippen LogP contribution in [0.3, 0.4) is 0 Å². The lowest BCUT2D eigenvalue weighted by Crippen LogP contribution is -2.35. The number of hydrogen-bond donors (Lipinski definition) is 0. The van der Waals surface area contributed by atoms with Crippen molar-refractivity contribution in [3.8, 4) is 6.07 Å². The summed E-state index contributed by atoms with van der Waals surface area (Å²) in [6.07, 6.45) is 1.07. The van der Waals surface area contributed by atoms with Gasteiger partial charge in [0.2, 0.25) is 0 Å². The molecule has 0 aromatic heterocycles. The molecule has 0 aliphatic carbocycles. The van der Waals surface area contributed by atoms with Crippen LogP contribution in [0.25, 0.3) is 0 Å². The van der Waals surface area contributed by atoms with E-state index in [1.54, 1.807) is 7.11 Å². The predicted octanol–water partition coefficient (Wildman–Crippen LogP) is 2.81. The van der Waals surface area contributed by atoms with Crippen LogP contribution >= 0.6 is 0 Å². The summed E-state index contributed by atoms with van der Waals surface area (Å²) in [6.45, 7) is 5.90. The van der Waals surface area contributed by atoms with Crippen LogP contribution in [0.1, 0.15) is 25.8 Å². The smallest absolute Gasteiger partial charge is 0.0992 e. The molecule has 0 saturated heterocycles. The van der Waals surface area contributed by atoms with E-state index in [0.29, 0.717) is 18.2 Å². The lowest BCUT2D eigenvalue weighted by atomic mass is 10.1. The van der Waals surface area contributed by atoms with Crippen molar-refractivity contribution >= 4 is 5.69 Å². The van der Waals surface area contributed by atoms with Crippen molar-refractivity contribution in [3.63, 3.8) is 0 Å². The molecule has 0 radical (unpaired) electrons. The molecule has 0 N–H and O–H groups in total. The maximum Gasteiger partial charge on any atom is 0.0992 e. The van der Waals surface area contributed by atoms with Gasteiger partial charge >= 0.3 is 0 Å². The lowest BCUT2D eigenvalue weighted by Gasteiger charge is -2.30. The van der Waals surface area contributed by atoms with Crippen molar-refractivity contribution in [2.45, 2.75) is 26.3 Å². The highest BCUT2D eigenvalue weighted by molar-refractivity contribution is 5.52. The Morgan fingerprint density at radius 2 is 2.24 bits per heavy atom. The number of hydrogen-bond acceptors (Lipinski definition) is 3. The van der Waals surface area contributed by atoms with Gasteiger partial charge in [-0.3, -0.25) is 0 Å². The number of methoxy groups -OCH3 is 1. The third kappa shape index (κ3) is 3.76. The average Bonchev–Trinajstić information content (AvgIpc) is 2.39. The van der Waals surface area contributed by atoms with Crippen molar-refractivity contribution in [1.82, 2.24) is 0 Å². The van der Waals surface area contributed by atoms with Crippen molar-refractivity contribution < 1.29 is 4.74 Å².